The number of aryl methyl sites for hydroxylation is 1. The van der Waals surface area contributed by atoms with E-state index in [2.05, 4.69) is 10.1 Å². The number of rotatable bonds is 4. The van der Waals surface area contributed by atoms with Gasteiger partial charge in [-0.15, -0.1) is 0 Å². The molecule has 2 aromatic heterocycles. The van der Waals surface area contributed by atoms with Crippen molar-refractivity contribution in [2.24, 2.45) is 0 Å². The van der Waals surface area contributed by atoms with Crippen LogP contribution in [0.3, 0.4) is 0 Å². The van der Waals surface area contributed by atoms with Crippen molar-refractivity contribution in [1.82, 2.24) is 23.2 Å². The minimum Gasteiger partial charge on any atom is -0.234 e. The maximum Gasteiger partial charge on any atom is 0.433 e. The maximum absolute atomic E-state index is 13.4. The fraction of sp³-hybridized carbons (Fsp3) is 0.625. The van der Waals surface area contributed by atoms with E-state index in [1.165, 1.54) is 24.5 Å². The Kier molecular flexibility index (Phi) is 5.21. The molecule has 27 heavy (non-hydrogen) atoms. The van der Waals surface area contributed by atoms with Crippen LogP contribution in [0.1, 0.15) is 42.8 Å². The average molecular weight is 405 g/mol. The normalized spacial score (nSPS) is 19.9. The SMILES string of the molecule is CCc1cc(C(F)(F)F)n2nc(C3CCCN(S(=O)(=O)N(C)C)C3)cc2n1. The Morgan fingerprint density at radius 3 is 2.59 bits per heavy atom. The Morgan fingerprint density at radius 2 is 2.00 bits per heavy atom. The van der Waals surface area contributed by atoms with Crippen molar-refractivity contribution in [2.45, 2.75) is 38.3 Å². The molecule has 0 bridgehead atoms. The van der Waals surface area contributed by atoms with Gasteiger partial charge in [-0.3, -0.25) is 0 Å². The molecule has 0 aromatic carbocycles. The van der Waals surface area contributed by atoms with E-state index in [-0.39, 0.29) is 18.1 Å². The number of alkyl halides is 3. The van der Waals surface area contributed by atoms with Gasteiger partial charge in [0.25, 0.3) is 10.2 Å². The molecular formula is C16H22F3N5O2S. The standard InChI is InChI=1S/C16H22F3N5O2S/c1-4-12-8-14(16(17,18)19)24-15(20-12)9-13(21-24)11-6-5-7-23(10-11)27(25,26)22(2)3/h8-9,11H,4-7,10H2,1-3H3. The Bertz CT molecular complexity index is 939. The monoisotopic (exact) mass is 405 g/mol. The van der Waals surface area contributed by atoms with E-state index in [1.807, 2.05) is 0 Å². The smallest absolute Gasteiger partial charge is 0.234 e. The second-order valence-electron chi connectivity index (χ2n) is 6.81. The second kappa shape index (κ2) is 7.02. The molecule has 1 aliphatic heterocycles. The van der Waals surface area contributed by atoms with Crippen molar-refractivity contribution in [3.63, 3.8) is 0 Å². The number of hydrogen-bond donors (Lipinski definition) is 0. The molecule has 0 N–H and O–H groups in total. The third-order valence-corrected chi connectivity index (χ3v) is 6.65. The molecule has 0 amide bonds. The highest BCUT2D eigenvalue weighted by Gasteiger charge is 2.36. The number of nitrogens with zero attached hydrogens (tertiary/aromatic N) is 5. The quantitative estimate of drug-likeness (QED) is 0.783. The molecule has 1 unspecified atom stereocenters. The molecule has 11 heteroatoms. The fourth-order valence-corrected chi connectivity index (χ4v) is 4.44. The Labute approximate surface area is 156 Å². The Morgan fingerprint density at radius 1 is 1.30 bits per heavy atom. The van der Waals surface area contributed by atoms with Crippen LogP contribution < -0.4 is 0 Å². The zero-order valence-electron chi connectivity index (χ0n) is 15.4. The van der Waals surface area contributed by atoms with Crippen LogP contribution in [-0.2, 0) is 22.8 Å². The fourth-order valence-electron chi connectivity index (χ4n) is 3.25. The molecule has 1 atom stereocenters. The van der Waals surface area contributed by atoms with E-state index >= 15 is 0 Å². The molecule has 1 fully saturated rings. The highest BCUT2D eigenvalue weighted by Crippen LogP contribution is 2.33. The van der Waals surface area contributed by atoms with E-state index in [9.17, 15) is 21.6 Å². The first kappa shape index (κ1) is 20.0. The van der Waals surface area contributed by atoms with Crippen LogP contribution in [0.5, 0.6) is 0 Å². The molecule has 0 aliphatic carbocycles. The van der Waals surface area contributed by atoms with E-state index in [1.54, 1.807) is 6.92 Å². The maximum atomic E-state index is 13.4. The van der Waals surface area contributed by atoms with Gasteiger partial charge in [0.2, 0.25) is 0 Å². The predicted molar refractivity (Wildman–Crippen MR) is 93.5 cm³/mol. The second-order valence-corrected chi connectivity index (χ2v) is 8.95. The topological polar surface area (TPSA) is 70.8 Å². The lowest BCUT2D eigenvalue weighted by Crippen LogP contribution is -2.44. The lowest BCUT2D eigenvalue weighted by atomic mass is 9.96. The number of aromatic nitrogens is 3. The van der Waals surface area contributed by atoms with Crippen LogP contribution in [0, 0.1) is 0 Å². The third kappa shape index (κ3) is 3.81. The number of hydrogen-bond acceptors (Lipinski definition) is 4. The van der Waals surface area contributed by atoms with E-state index < -0.39 is 22.1 Å². The first-order valence-electron chi connectivity index (χ1n) is 8.68. The van der Waals surface area contributed by atoms with Gasteiger partial charge >= 0.3 is 6.18 Å². The van der Waals surface area contributed by atoms with Gasteiger partial charge in [0.1, 0.15) is 5.69 Å². The van der Waals surface area contributed by atoms with Crippen LogP contribution >= 0.6 is 0 Å². The lowest BCUT2D eigenvalue weighted by Gasteiger charge is -2.32. The highest BCUT2D eigenvalue weighted by molar-refractivity contribution is 7.86. The van der Waals surface area contributed by atoms with Gasteiger partial charge in [-0.25, -0.2) is 9.50 Å². The van der Waals surface area contributed by atoms with Gasteiger partial charge in [-0.2, -0.15) is 35.3 Å². The Hall–Kier alpha value is -1.72. The van der Waals surface area contributed by atoms with Crippen LogP contribution in [-0.4, -0.2) is 58.8 Å². The van der Waals surface area contributed by atoms with Gasteiger partial charge in [0, 0.05) is 44.9 Å². The van der Waals surface area contributed by atoms with Crippen molar-refractivity contribution in [2.75, 3.05) is 27.2 Å². The van der Waals surface area contributed by atoms with Crippen LogP contribution in [0.15, 0.2) is 12.1 Å². The first-order chi connectivity index (χ1) is 12.5. The Balaban J connectivity index is 2.00. The molecule has 1 saturated heterocycles. The summed E-state index contributed by atoms with van der Waals surface area (Å²) in [6, 6.07) is 2.54. The minimum atomic E-state index is -4.55. The first-order valence-corrected chi connectivity index (χ1v) is 10.1. The molecule has 0 radical (unpaired) electrons. The van der Waals surface area contributed by atoms with Crippen molar-refractivity contribution in [1.29, 1.82) is 0 Å². The molecular weight excluding hydrogens is 383 g/mol. The summed E-state index contributed by atoms with van der Waals surface area (Å²) >= 11 is 0. The zero-order valence-corrected chi connectivity index (χ0v) is 16.2. The van der Waals surface area contributed by atoms with Gasteiger partial charge in [0.05, 0.1) is 5.69 Å². The summed E-state index contributed by atoms with van der Waals surface area (Å²) in [4.78, 5) is 4.24. The molecule has 7 nitrogen and oxygen atoms in total. The summed E-state index contributed by atoms with van der Waals surface area (Å²) in [6.45, 7) is 2.31. The predicted octanol–water partition coefficient (Wildman–Crippen LogP) is 2.30. The lowest BCUT2D eigenvalue weighted by molar-refractivity contribution is -0.142. The largest absolute Gasteiger partial charge is 0.433 e. The third-order valence-electron chi connectivity index (χ3n) is 4.74. The van der Waals surface area contributed by atoms with Crippen molar-refractivity contribution >= 4 is 15.9 Å². The summed E-state index contributed by atoms with van der Waals surface area (Å²) < 4.78 is 68.3. The minimum absolute atomic E-state index is 0.129. The number of halogens is 3. The van der Waals surface area contributed by atoms with Gasteiger partial charge in [0.15, 0.2) is 5.65 Å². The summed E-state index contributed by atoms with van der Waals surface area (Å²) in [7, 11) is -0.668. The molecule has 2 aromatic rings. The van der Waals surface area contributed by atoms with E-state index in [0.29, 0.717) is 37.2 Å². The van der Waals surface area contributed by atoms with Crippen molar-refractivity contribution < 1.29 is 21.6 Å². The van der Waals surface area contributed by atoms with Gasteiger partial charge < -0.3 is 0 Å². The summed E-state index contributed by atoms with van der Waals surface area (Å²) in [5.41, 5.74) is 0.0232. The van der Waals surface area contributed by atoms with Crippen molar-refractivity contribution in [3.8, 4) is 0 Å². The van der Waals surface area contributed by atoms with Crippen LogP contribution in [0.4, 0.5) is 13.2 Å². The zero-order chi connectivity index (χ0) is 20.0. The van der Waals surface area contributed by atoms with Crippen LogP contribution in [0.25, 0.3) is 5.65 Å². The molecule has 3 rings (SSSR count). The summed E-state index contributed by atoms with van der Waals surface area (Å²) in [5, 5.41) is 4.14. The molecule has 0 spiro atoms. The summed E-state index contributed by atoms with van der Waals surface area (Å²) in [6.07, 6.45) is -2.91. The molecule has 0 saturated carbocycles. The highest BCUT2D eigenvalue weighted by atomic mass is 32.2. The van der Waals surface area contributed by atoms with Gasteiger partial charge in [-0.1, -0.05) is 6.92 Å². The summed E-state index contributed by atoms with van der Waals surface area (Å²) in [5.74, 6) is -0.277. The number of fused-ring (bicyclic) bond motifs is 1. The molecule has 1 aliphatic rings. The van der Waals surface area contributed by atoms with Crippen LogP contribution in [0.2, 0.25) is 0 Å². The number of piperidine rings is 1. The molecule has 150 valence electrons. The van der Waals surface area contributed by atoms with Crippen molar-refractivity contribution in [3.05, 3.63) is 29.2 Å². The van der Waals surface area contributed by atoms with E-state index in [4.69, 9.17) is 0 Å². The van der Waals surface area contributed by atoms with Gasteiger partial charge in [-0.05, 0) is 25.3 Å². The molecule has 3 heterocycles. The average Bonchev–Trinajstić information content (AvgIpc) is 3.03. The van der Waals surface area contributed by atoms with E-state index in [0.717, 1.165) is 14.9 Å².